The van der Waals surface area contributed by atoms with Gasteiger partial charge in [-0.05, 0) is 31.7 Å². The lowest BCUT2D eigenvalue weighted by Crippen LogP contribution is -2.28. The monoisotopic (exact) mass is 325 g/mol. The Morgan fingerprint density at radius 2 is 2.04 bits per heavy atom. The molecule has 7 heteroatoms. The normalized spacial score (nSPS) is 16.8. The molecular formula is C17H23N7. The fourth-order valence-corrected chi connectivity index (χ4v) is 3.12. The SMILES string of the molecule is Cc1nnc(NCC2CCc3nnc(C(C)C)n3C2)c(C#N)c1C. The van der Waals surface area contributed by atoms with Crippen LogP contribution >= 0.6 is 0 Å². The van der Waals surface area contributed by atoms with Crippen molar-refractivity contribution in [1.29, 1.82) is 5.26 Å². The lowest BCUT2D eigenvalue weighted by atomic mass is 9.98. The third-order valence-electron chi connectivity index (χ3n) is 4.71. The van der Waals surface area contributed by atoms with Crippen molar-refractivity contribution in [3.63, 3.8) is 0 Å². The average Bonchev–Trinajstić information content (AvgIpc) is 2.99. The van der Waals surface area contributed by atoms with Gasteiger partial charge in [0.25, 0.3) is 0 Å². The molecule has 3 heterocycles. The van der Waals surface area contributed by atoms with Crippen molar-refractivity contribution in [2.75, 3.05) is 11.9 Å². The van der Waals surface area contributed by atoms with Crippen molar-refractivity contribution < 1.29 is 0 Å². The average molecular weight is 325 g/mol. The van der Waals surface area contributed by atoms with Crippen LogP contribution in [0.3, 0.4) is 0 Å². The number of nitrogens with zero attached hydrogens (tertiary/aromatic N) is 6. The van der Waals surface area contributed by atoms with Crippen molar-refractivity contribution in [1.82, 2.24) is 25.0 Å². The quantitative estimate of drug-likeness (QED) is 0.927. The number of aryl methyl sites for hydroxylation is 2. The summed E-state index contributed by atoms with van der Waals surface area (Å²) in [5, 5.41) is 29.6. The van der Waals surface area contributed by atoms with E-state index in [0.717, 1.165) is 48.8 Å². The molecule has 2 aromatic rings. The molecule has 1 N–H and O–H groups in total. The van der Waals surface area contributed by atoms with Gasteiger partial charge < -0.3 is 9.88 Å². The van der Waals surface area contributed by atoms with E-state index in [1.807, 2.05) is 13.8 Å². The van der Waals surface area contributed by atoms with Gasteiger partial charge in [-0.25, -0.2) is 0 Å². The molecule has 2 aromatic heterocycles. The molecule has 24 heavy (non-hydrogen) atoms. The van der Waals surface area contributed by atoms with Crippen molar-refractivity contribution in [3.05, 3.63) is 28.5 Å². The maximum absolute atomic E-state index is 9.38. The highest BCUT2D eigenvalue weighted by Gasteiger charge is 2.24. The zero-order chi connectivity index (χ0) is 17.3. The molecule has 1 aliphatic heterocycles. The van der Waals surface area contributed by atoms with Gasteiger partial charge in [0.05, 0.1) is 5.69 Å². The van der Waals surface area contributed by atoms with Crippen LogP contribution in [0.1, 0.15) is 54.7 Å². The number of aromatic nitrogens is 5. The number of anilines is 1. The first-order valence-electron chi connectivity index (χ1n) is 8.41. The lowest BCUT2D eigenvalue weighted by molar-refractivity contribution is 0.371. The summed E-state index contributed by atoms with van der Waals surface area (Å²) in [6.07, 6.45) is 2.00. The molecule has 1 atom stereocenters. The van der Waals surface area contributed by atoms with E-state index < -0.39 is 0 Å². The van der Waals surface area contributed by atoms with Gasteiger partial charge in [-0.15, -0.1) is 15.3 Å². The summed E-state index contributed by atoms with van der Waals surface area (Å²) in [5.41, 5.74) is 2.28. The van der Waals surface area contributed by atoms with E-state index in [0.29, 0.717) is 23.2 Å². The summed E-state index contributed by atoms with van der Waals surface area (Å²) in [6.45, 7) is 9.73. The summed E-state index contributed by atoms with van der Waals surface area (Å²) in [7, 11) is 0. The molecule has 0 spiro atoms. The summed E-state index contributed by atoms with van der Waals surface area (Å²) >= 11 is 0. The van der Waals surface area contributed by atoms with Gasteiger partial charge in [0.1, 0.15) is 23.3 Å². The number of nitrogens with one attached hydrogen (secondary N) is 1. The van der Waals surface area contributed by atoms with Gasteiger partial charge >= 0.3 is 0 Å². The van der Waals surface area contributed by atoms with Gasteiger partial charge in [-0.2, -0.15) is 10.4 Å². The predicted molar refractivity (Wildman–Crippen MR) is 90.6 cm³/mol. The van der Waals surface area contributed by atoms with E-state index in [1.54, 1.807) is 0 Å². The third-order valence-corrected chi connectivity index (χ3v) is 4.71. The molecule has 0 saturated heterocycles. The van der Waals surface area contributed by atoms with Gasteiger partial charge in [0, 0.05) is 25.4 Å². The molecule has 0 bridgehead atoms. The van der Waals surface area contributed by atoms with Crippen molar-refractivity contribution in [3.8, 4) is 6.07 Å². The summed E-state index contributed by atoms with van der Waals surface area (Å²) in [5.74, 6) is 3.55. The molecule has 0 saturated carbocycles. The summed E-state index contributed by atoms with van der Waals surface area (Å²) < 4.78 is 2.25. The van der Waals surface area contributed by atoms with Crippen LogP contribution < -0.4 is 5.32 Å². The van der Waals surface area contributed by atoms with Crippen LogP contribution in [0.25, 0.3) is 0 Å². The van der Waals surface area contributed by atoms with E-state index in [2.05, 4.69) is 50.2 Å². The molecule has 0 aliphatic carbocycles. The van der Waals surface area contributed by atoms with Crippen molar-refractivity contribution in [2.24, 2.45) is 5.92 Å². The Kier molecular flexibility index (Phi) is 4.47. The molecule has 1 aliphatic rings. The van der Waals surface area contributed by atoms with Crippen LogP contribution in [-0.2, 0) is 13.0 Å². The standard InChI is InChI=1S/C17H23N7/c1-10(2)17-23-21-15-6-5-13(9-24(15)17)8-19-16-14(7-18)11(3)12(4)20-22-16/h10,13H,5-6,8-9H2,1-4H3,(H,19,22). The number of rotatable bonds is 4. The molecule has 0 aromatic carbocycles. The van der Waals surface area contributed by atoms with Gasteiger partial charge in [-0.3, -0.25) is 0 Å². The maximum atomic E-state index is 9.38. The molecule has 3 rings (SSSR count). The first kappa shape index (κ1) is 16.4. The highest BCUT2D eigenvalue weighted by molar-refractivity contribution is 5.55. The Hall–Kier alpha value is -2.49. The molecule has 7 nitrogen and oxygen atoms in total. The second-order valence-electron chi connectivity index (χ2n) is 6.77. The molecule has 0 radical (unpaired) electrons. The van der Waals surface area contributed by atoms with Crippen LogP contribution in [0, 0.1) is 31.1 Å². The maximum Gasteiger partial charge on any atom is 0.166 e. The minimum absolute atomic E-state index is 0.369. The second-order valence-corrected chi connectivity index (χ2v) is 6.77. The van der Waals surface area contributed by atoms with Gasteiger partial charge in [0.15, 0.2) is 5.82 Å². The highest BCUT2D eigenvalue weighted by Crippen LogP contribution is 2.24. The molecule has 0 amide bonds. The zero-order valence-corrected chi connectivity index (χ0v) is 14.7. The molecule has 0 fully saturated rings. The van der Waals surface area contributed by atoms with Crippen LogP contribution in [0.2, 0.25) is 0 Å². The zero-order valence-electron chi connectivity index (χ0n) is 14.7. The molecule has 1 unspecified atom stereocenters. The topological polar surface area (TPSA) is 92.3 Å². The fourth-order valence-electron chi connectivity index (χ4n) is 3.12. The van der Waals surface area contributed by atoms with Crippen molar-refractivity contribution >= 4 is 5.82 Å². The minimum Gasteiger partial charge on any atom is -0.367 e. The number of nitriles is 1. The Balaban J connectivity index is 1.72. The predicted octanol–water partition coefficient (Wildman–Crippen LogP) is 2.35. The van der Waals surface area contributed by atoms with Gasteiger partial charge in [0.2, 0.25) is 0 Å². The Bertz CT molecular complexity index is 785. The molecular weight excluding hydrogens is 302 g/mol. The summed E-state index contributed by atoms with van der Waals surface area (Å²) in [6, 6.07) is 2.24. The van der Waals surface area contributed by atoms with E-state index >= 15 is 0 Å². The summed E-state index contributed by atoms with van der Waals surface area (Å²) in [4.78, 5) is 0. The van der Waals surface area contributed by atoms with Gasteiger partial charge in [-0.1, -0.05) is 13.8 Å². The minimum atomic E-state index is 0.369. The lowest BCUT2D eigenvalue weighted by Gasteiger charge is -2.25. The second kappa shape index (κ2) is 6.56. The van der Waals surface area contributed by atoms with Crippen LogP contribution in [0.15, 0.2) is 0 Å². The Morgan fingerprint density at radius 1 is 1.25 bits per heavy atom. The number of hydrogen-bond acceptors (Lipinski definition) is 6. The third kappa shape index (κ3) is 2.96. The first-order chi connectivity index (χ1) is 11.5. The largest absolute Gasteiger partial charge is 0.367 e. The van der Waals surface area contributed by atoms with E-state index in [-0.39, 0.29) is 0 Å². The fraction of sp³-hybridized carbons (Fsp3) is 0.588. The van der Waals surface area contributed by atoms with Crippen LogP contribution in [-0.4, -0.2) is 31.5 Å². The number of fused-ring (bicyclic) bond motifs is 1. The van der Waals surface area contributed by atoms with Crippen LogP contribution in [0.4, 0.5) is 5.82 Å². The highest BCUT2D eigenvalue weighted by atomic mass is 15.3. The first-order valence-corrected chi connectivity index (χ1v) is 8.41. The Labute approximate surface area is 142 Å². The van der Waals surface area contributed by atoms with Crippen LogP contribution in [0.5, 0.6) is 0 Å². The molecule has 126 valence electrons. The smallest absolute Gasteiger partial charge is 0.166 e. The number of hydrogen-bond donors (Lipinski definition) is 1. The van der Waals surface area contributed by atoms with E-state index in [4.69, 9.17) is 0 Å². The van der Waals surface area contributed by atoms with E-state index in [1.165, 1.54) is 0 Å². The van der Waals surface area contributed by atoms with Crippen molar-refractivity contribution in [2.45, 2.75) is 53.0 Å². The van der Waals surface area contributed by atoms with E-state index in [9.17, 15) is 5.26 Å². The Morgan fingerprint density at radius 3 is 2.75 bits per heavy atom.